The highest BCUT2D eigenvalue weighted by molar-refractivity contribution is 7.98. The Morgan fingerprint density at radius 2 is 1.94 bits per heavy atom. The third-order valence-corrected chi connectivity index (χ3v) is 7.17. The van der Waals surface area contributed by atoms with Gasteiger partial charge in [-0.15, -0.1) is 24.2 Å². The van der Waals surface area contributed by atoms with E-state index in [0.717, 1.165) is 65.1 Å². The van der Waals surface area contributed by atoms with Crippen LogP contribution in [-0.2, 0) is 4.74 Å². The van der Waals surface area contributed by atoms with Crippen molar-refractivity contribution in [3.63, 3.8) is 0 Å². The number of hydrogen-bond donors (Lipinski definition) is 0. The summed E-state index contributed by atoms with van der Waals surface area (Å²) >= 11 is 3.27. The van der Waals surface area contributed by atoms with Crippen molar-refractivity contribution in [2.75, 3.05) is 50.5 Å². The van der Waals surface area contributed by atoms with Crippen molar-refractivity contribution in [2.24, 2.45) is 0 Å². The zero-order chi connectivity index (χ0) is 20.9. The van der Waals surface area contributed by atoms with Gasteiger partial charge in [-0.1, -0.05) is 23.5 Å². The minimum absolute atomic E-state index is 0. The molecule has 0 atom stereocenters. The number of aryl methyl sites for hydroxylation is 1. The molecule has 0 spiro atoms. The molecule has 1 aromatic heterocycles. The Morgan fingerprint density at radius 1 is 1.19 bits per heavy atom. The van der Waals surface area contributed by atoms with Gasteiger partial charge in [-0.05, 0) is 55.5 Å². The smallest absolute Gasteiger partial charge is 0.260 e. The van der Waals surface area contributed by atoms with E-state index in [1.165, 1.54) is 0 Å². The fraction of sp³-hybridized carbons (Fsp3) is 0.391. The minimum Gasteiger partial charge on any atom is -0.379 e. The van der Waals surface area contributed by atoms with Crippen molar-refractivity contribution < 1.29 is 9.53 Å². The second-order valence-electron chi connectivity index (χ2n) is 7.41. The normalized spacial score (nSPS) is 14.4. The van der Waals surface area contributed by atoms with E-state index in [-0.39, 0.29) is 18.3 Å². The second kappa shape index (κ2) is 11.3. The molecule has 3 aromatic rings. The van der Waals surface area contributed by atoms with Crippen LogP contribution in [0.4, 0.5) is 5.13 Å². The molecule has 0 unspecified atom stereocenters. The number of hydrogen-bond acceptors (Lipinski definition) is 6. The number of benzene rings is 2. The lowest BCUT2D eigenvalue weighted by atomic mass is 10.2. The fourth-order valence-electron chi connectivity index (χ4n) is 3.64. The molecule has 2 aromatic carbocycles. The van der Waals surface area contributed by atoms with E-state index in [1.54, 1.807) is 23.1 Å². The van der Waals surface area contributed by atoms with Gasteiger partial charge in [0, 0.05) is 36.6 Å². The lowest BCUT2D eigenvalue weighted by molar-refractivity contribution is 0.0376. The van der Waals surface area contributed by atoms with E-state index in [4.69, 9.17) is 9.72 Å². The average molecular weight is 478 g/mol. The van der Waals surface area contributed by atoms with Gasteiger partial charge in [0.25, 0.3) is 5.91 Å². The Morgan fingerprint density at radius 3 is 2.61 bits per heavy atom. The number of amides is 1. The lowest BCUT2D eigenvalue weighted by Crippen LogP contribution is -2.39. The maximum absolute atomic E-state index is 13.4. The summed E-state index contributed by atoms with van der Waals surface area (Å²) in [6, 6.07) is 14.0. The number of anilines is 1. The molecule has 1 aliphatic rings. The Labute approximate surface area is 198 Å². The Balaban J connectivity index is 0.00000272. The number of carbonyl (C=O) groups is 1. The topological polar surface area (TPSA) is 45.7 Å². The average Bonchev–Trinajstić information content (AvgIpc) is 3.22. The Hall–Kier alpha value is -1.64. The number of morpholine rings is 1. The molecule has 0 bridgehead atoms. The predicted molar refractivity (Wildman–Crippen MR) is 133 cm³/mol. The van der Waals surface area contributed by atoms with Crippen molar-refractivity contribution >= 4 is 56.8 Å². The molecule has 1 amide bonds. The van der Waals surface area contributed by atoms with Crippen molar-refractivity contribution in [3.05, 3.63) is 53.6 Å². The van der Waals surface area contributed by atoms with Crippen LogP contribution in [0.5, 0.6) is 0 Å². The third kappa shape index (κ3) is 5.79. The summed E-state index contributed by atoms with van der Waals surface area (Å²) in [6.07, 6.45) is 2.95. The van der Waals surface area contributed by atoms with Gasteiger partial charge in [-0.2, -0.15) is 0 Å². The molecule has 1 saturated heterocycles. The summed E-state index contributed by atoms with van der Waals surface area (Å²) in [5, 5.41) is 0.778. The van der Waals surface area contributed by atoms with Gasteiger partial charge in [0.15, 0.2) is 5.13 Å². The summed E-state index contributed by atoms with van der Waals surface area (Å²) in [7, 11) is 0. The zero-order valence-corrected chi connectivity index (χ0v) is 20.3. The van der Waals surface area contributed by atoms with Crippen LogP contribution >= 0.6 is 35.5 Å². The first-order valence-corrected chi connectivity index (χ1v) is 12.3. The lowest BCUT2D eigenvalue weighted by Gasteiger charge is -2.27. The standard InChI is InChI=1S/C23H27N3O2S2.ClH/c1-17-5-3-6-20-21(17)24-23(30-20)26(12-4-11-25-13-15-28-16-14-25)22(27)18-7-9-19(29-2)10-8-18;/h3,5-10H,4,11-16H2,1-2H3;1H. The SMILES string of the molecule is CSc1ccc(C(=O)N(CCCN2CCOCC2)c2nc3c(C)cccc3s2)cc1.Cl. The second-order valence-corrected chi connectivity index (χ2v) is 9.30. The van der Waals surface area contributed by atoms with Crippen molar-refractivity contribution in [1.82, 2.24) is 9.88 Å². The number of para-hydroxylation sites is 1. The highest BCUT2D eigenvalue weighted by Crippen LogP contribution is 2.31. The first-order chi connectivity index (χ1) is 14.7. The number of thioether (sulfide) groups is 1. The fourth-order valence-corrected chi connectivity index (χ4v) is 5.12. The van der Waals surface area contributed by atoms with Gasteiger partial charge in [0.05, 0.1) is 23.4 Å². The number of rotatable bonds is 7. The molecule has 2 heterocycles. The van der Waals surface area contributed by atoms with Crippen LogP contribution in [0.2, 0.25) is 0 Å². The summed E-state index contributed by atoms with van der Waals surface area (Å²) in [6.45, 7) is 7.19. The van der Waals surface area contributed by atoms with E-state index in [0.29, 0.717) is 12.1 Å². The number of ether oxygens (including phenoxy) is 1. The summed E-state index contributed by atoms with van der Waals surface area (Å²) in [5.74, 6) is 0.0151. The van der Waals surface area contributed by atoms with Gasteiger partial charge in [0.2, 0.25) is 0 Å². The van der Waals surface area contributed by atoms with Gasteiger partial charge < -0.3 is 4.74 Å². The number of nitrogens with zero attached hydrogens (tertiary/aromatic N) is 3. The van der Waals surface area contributed by atoms with Crippen molar-refractivity contribution in [3.8, 4) is 0 Å². The van der Waals surface area contributed by atoms with Gasteiger partial charge in [-0.25, -0.2) is 4.98 Å². The predicted octanol–water partition coefficient (Wildman–Crippen LogP) is 5.12. The molecule has 5 nitrogen and oxygen atoms in total. The molecule has 0 N–H and O–H groups in total. The quantitative estimate of drug-likeness (QED) is 0.442. The summed E-state index contributed by atoms with van der Waals surface area (Å²) in [5.41, 5.74) is 2.83. The highest BCUT2D eigenvalue weighted by Gasteiger charge is 2.22. The van der Waals surface area contributed by atoms with Crippen LogP contribution in [0.15, 0.2) is 47.4 Å². The summed E-state index contributed by atoms with van der Waals surface area (Å²) in [4.78, 5) is 23.7. The molecule has 31 heavy (non-hydrogen) atoms. The monoisotopic (exact) mass is 477 g/mol. The Kier molecular flexibility index (Phi) is 8.75. The van der Waals surface area contributed by atoms with E-state index in [2.05, 4.69) is 24.0 Å². The zero-order valence-electron chi connectivity index (χ0n) is 17.9. The van der Waals surface area contributed by atoms with Crippen LogP contribution in [0.3, 0.4) is 0 Å². The van der Waals surface area contributed by atoms with E-state index in [1.807, 2.05) is 41.5 Å². The number of fused-ring (bicyclic) bond motifs is 1. The van der Waals surface area contributed by atoms with E-state index < -0.39 is 0 Å². The highest BCUT2D eigenvalue weighted by atomic mass is 35.5. The molecule has 8 heteroatoms. The molecule has 166 valence electrons. The van der Waals surface area contributed by atoms with Crippen LogP contribution in [0, 0.1) is 6.92 Å². The number of halogens is 1. The van der Waals surface area contributed by atoms with E-state index in [9.17, 15) is 4.79 Å². The van der Waals surface area contributed by atoms with Gasteiger partial charge in [0.1, 0.15) is 0 Å². The molecule has 1 aliphatic heterocycles. The first kappa shape index (κ1) is 24.0. The molecule has 0 saturated carbocycles. The van der Waals surface area contributed by atoms with Crippen molar-refractivity contribution in [1.29, 1.82) is 0 Å². The van der Waals surface area contributed by atoms with Crippen LogP contribution < -0.4 is 4.90 Å². The van der Waals surface area contributed by atoms with Gasteiger partial charge in [-0.3, -0.25) is 14.6 Å². The molecular formula is C23H28ClN3O2S2. The number of aromatic nitrogens is 1. The third-order valence-electron chi connectivity index (χ3n) is 5.38. The number of carbonyl (C=O) groups excluding carboxylic acids is 1. The maximum Gasteiger partial charge on any atom is 0.260 e. The molecular weight excluding hydrogens is 450 g/mol. The van der Waals surface area contributed by atoms with Crippen LogP contribution in [0.1, 0.15) is 22.3 Å². The van der Waals surface area contributed by atoms with Crippen molar-refractivity contribution in [2.45, 2.75) is 18.2 Å². The molecule has 4 rings (SSSR count). The maximum atomic E-state index is 13.4. The van der Waals surface area contributed by atoms with Gasteiger partial charge >= 0.3 is 0 Å². The molecule has 0 aliphatic carbocycles. The summed E-state index contributed by atoms with van der Waals surface area (Å²) < 4.78 is 6.56. The molecule has 1 fully saturated rings. The van der Waals surface area contributed by atoms with Crippen LogP contribution in [0.25, 0.3) is 10.2 Å². The largest absolute Gasteiger partial charge is 0.379 e. The Bertz CT molecular complexity index is 1000. The number of thiazole rings is 1. The first-order valence-electron chi connectivity index (χ1n) is 10.3. The minimum atomic E-state index is 0. The van der Waals surface area contributed by atoms with Crippen LogP contribution in [-0.4, -0.2) is 61.4 Å². The van der Waals surface area contributed by atoms with E-state index >= 15 is 0 Å². The molecule has 0 radical (unpaired) electrons.